The van der Waals surface area contributed by atoms with Gasteiger partial charge in [0.2, 0.25) is 0 Å². The number of hydrogen-bond donors (Lipinski definition) is 3. The molecule has 0 spiro atoms. The van der Waals surface area contributed by atoms with Gasteiger partial charge in [-0.2, -0.15) is 8.78 Å². The Bertz CT molecular complexity index is 954. The predicted molar refractivity (Wildman–Crippen MR) is 108 cm³/mol. The molecule has 0 unspecified atom stereocenters. The van der Waals surface area contributed by atoms with Crippen molar-refractivity contribution >= 4 is 29.0 Å². The van der Waals surface area contributed by atoms with Gasteiger partial charge >= 0.3 is 12.0 Å². The Balaban J connectivity index is 1.69. The number of rotatable bonds is 5. The standard InChI is InChI=1S/C20H21ClF2N4O3/c1-12-2-3-17(24-9-12)26-19(30)27-6-4-13(5-7-27)18-15(21)8-14(10-25-18)20(22,23)16(29)11-28/h2-4,8-10,16,28-29H,5-7,11H2,1H3,(H,24,26,30)/t16-/m0/s1. The van der Waals surface area contributed by atoms with Crippen molar-refractivity contribution in [3.63, 3.8) is 0 Å². The molecule has 1 atom stereocenters. The van der Waals surface area contributed by atoms with Crippen LogP contribution in [-0.2, 0) is 5.92 Å². The predicted octanol–water partition coefficient (Wildman–Crippen LogP) is 3.20. The maximum Gasteiger partial charge on any atom is 0.323 e. The van der Waals surface area contributed by atoms with E-state index in [1.165, 1.54) is 0 Å². The summed E-state index contributed by atoms with van der Waals surface area (Å²) in [6, 6.07) is 4.30. The highest BCUT2D eigenvalue weighted by molar-refractivity contribution is 6.32. The largest absolute Gasteiger partial charge is 0.393 e. The molecular weight excluding hydrogens is 418 g/mol. The van der Waals surface area contributed by atoms with Gasteiger partial charge in [0.1, 0.15) is 11.9 Å². The second kappa shape index (κ2) is 9.03. The molecule has 0 fully saturated rings. The zero-order valence-corrected chi connectivity index (χ0v) is 16.9. The first-order valence-electron chi connectivity index (χ1n) is 9.23. The van der Waals surface area contributed by atoms with E-state index < -0.39 is 24.2 Å². The van der Waals surface area contributed by atoms with E-state index in [1.807, 2.05) is 13.0 Å². The molecule has 10 heteroatoms. The average Bonchev–Trinajstić information content (AvgIpc) is 2.74. The summed E-state index contributed by atoms with van der Waals surface area (Å²) in [4.78, 5) is 22.1. The van der Waals surface area contributed by atoms with Gasteiger partial charge in [0.05, 0.1) is 17.3 Å². The van der Waals surface area contributed by atoms with Crippen LogP contribution in [0.5, 0.6) is 0 Å². The molecule has 1 aliphatic heterocycles. The number of hydrogen-bond acceptors (Lipinski definition) is 5. The fourth-order valence-electron chi connectivity index (χ4n) is 2.96. The molecule has 0 aromatic carbocycles. The van der Waals surface area contributed by atoms with E-state index in [0.29, 0.717) is 31.0 Å². The molecule has 160 valence electrons. The first-order chi connectivity index (χ1) is 14.2. The molecule has 0 saturated heterocycles. The zero-order chi connectivity index (χ0) is 21.9. The third kappa shape index (κ3) is 4.75. The highest BCUT2D eigenvalue weighted by Gasteiger charge is 2.40. The number of urea groups is 1. The van der Waals surface area contributed by atoms with Crippen molar-refractivity contribution in [2.45, 2.75) is 25.4 Å². The molecular formula is C20H21ClF2N4O3. The first-order valence-corrected chi connectivity index (χ1v) is 9.61. The van der Waals surface area contributed by atoms with E-state index in [0.717, 1.165) is 23.4 Å². The van der Waals surface area contributed by atoms with Crippen LogP contribution < -0.4 is 5.32 Å². The lowest BCUT2D eigenvalue weighted by molar-refractivity contribution is -0.131. The lowest BCUT2D eigenvalue weighted by Crippen LogP contribution is -2.38. The van der Waals surface area contributed by atoms with Crippen molar-refractivity contribution in [1.82, 2.24) is 14.9 Å². The number of aliphatic hydroxyl groups is 2. The molecule has 7 nitrogen and oxygen atoms in total. The Hall–Kier alpha value is -2.62. The summed E-state index contributed by atoms with van der Waals surface area (Å²) in [5.74, 6) is -3.23. The number of carbonyl (C=O) groups is 1. The minimum atomic E-state index is -3.68. The van der Waals surface area contributed by atoms with Gasteiger partial charge in [0.25, 0.3) is 0 Å². The Kier molecular flexibility index (Phi) is 6.64. The third-order valence-corrected chi connectivity index (χ3v) is 5.05. The second-order valence-corrected chi connectivity index (χ2v) is 7.36. The molecule has 3 heterocycles. The van der Waals surface area contributed by atoms with Gasteiger partial charge in [0.15, 0.2) is 0 Å². The van der Waals surface area contributed by atoms with Gasteiger partial charge < -0.3 is 15.1 Å². The van der Waals surface area contributed by atoms with E-state index >= 15 is 0 Å². The summed E-state index contributed by atoms with van der Waals surface area (Å²) in [5, 5.41) is 20.8. The van der Waals surface area contributed by atoms with Crippen molar-refractivity contribution in [2.24, 2.45) is 0 Å². The maximum atomic E-state index is 14.1. The van der Waals surface area contributed by atoms with Gasteiger partial charge in [0, 0.05) is 31.0 Å². The zero-order valence-electron chi connectivity index (χ0n) is 16.1. The number of amides is 2. The van der Waals surface area contributed by atoms with Gasteiger partial charge in [-0.3, -0.25) is 10.3 Å². The Labute approximate surface area is 177 Å². The van der Waals surface area contributed by atoms with Crippen LogP contribution >= 0.6 is 11.6 Å². The first kappa shape index (κ1) is 22.1. The minimum Gasteiger partial charge on any atom is -0.393 e. The van der Waals surface area contributed by atoms with Crippen LogP contribution in [0.3, 0.4) is 0 Å². The molecule has 3 N–H and O–H groups in total. The van der Waals surface area contributed by atoms with Crippen LogP contribution in [0.4, 0.5) is 19.4 Å². The topological polar surface area (TPSA) is 98.6 Å². The number of aromatic nitrogens is 2. The second-order valence-electron chi connectivity index (χ2n) is 6.95. The Morgan fingerprint density at radius 2 is 2.13 bits per heavy atom. The van der Waals surface area contributed by atoms with Gasteiger partial charge in [-0.15, -0.1) is 0 Å². The molecule has 30 heavy (non-hydrogen) atoms. The summed E-state index contributed by atoms with van der Waals surface area (Å²) >= 11 is 6.15. The number of nitrogens with one attached hydrogen (secondary N) is 1. The normalized spacial score (nSPS) is 15.5. The fourth-order valence-corrected chi connectivity index (χ4v) is 3.25. The Morgan fingerprint density at radius 1 is 1.37 bits per heavy atom. The molecule has 0 radical (unpaired) electrons. The lowest BCUT2D eigenvalue weighted by atomic mass is 10.0. The van der Waals surface area contributed by atoms with Crippen LogP contribution in [0.2, 0.25) is 5.02 Å². The van der Waals surface area contributed by atoms with E-state index in [4.69, 9.17) is 16.7 Å². The van der Waals surface area contributed by atoms with Crippen molar-refractivity contribution in [3.8, 4) is 0 Å². The molecule has 2 aromatic heterocycles. The maximum absolute atomic E-state index is 14.1. The van der Waals surface area contributed by atoms with Crippen LogP contribution in [-0.4, -0.2) is 56.9 Å². The minimum absolute atomic E-state index is 0.00493. The van der Waals surface area contributed by atoms with E-state index in [2.05, 4.69) is 15.3 Å². The van der Waals surface area contributed by atoms with Crippen molar-refractivity contribution in [2.75, 3.05) is 25.0 Å². The number of nitrogens with zero attached hydrogens (tertiary/aromatic N) is 3. The highest BCUT2D eigenvalue weighted by atomic mass is 35.5. The van der Waals surface area contributed by atoms with Crippen LogP contribution in [0.1, 0.15) is 23.2 Å². The van der Waals surface area contributed by atoms with E-state index in [9.17, 15) is 18.7 Å². The summed E-state index contributed by atoms with van der Waals surface area (Å²) < 4.78 is 28.1. The molecule has 1 aliphatic rings. The fraction of sp³-hybridized carbons (Fsp3) is 0.350. The Morgan fingerprint density at radius 3 is 2.70 bits per heavy atom. The SMILES string of the molecule is Cc1ccc(NC(=O)N2CC=C(c3ncc(C(F)(F)[C@@H](O)CO)cc3Cl)CC2)nc1. The van der Waals surface area contributed by atoms with Crippen molar-refractivity contribution < 1.29 is 23.8 Å². The van der Waals surface area contributed by atoms with Gasteiger partial charge in [-0.25, -0.2) is 9.78 Å². The van der Waals surface area contributed by atoms with Gasteiger partial charge in [-0.1, -0.05) is 23.7 Å². The molecule has 3 rings (SSSR count). The van der Waals surface area contributed by atoms with E-state index in [1.54, 1.807) is 23.2 Å². The summed E-state index contributed by atoms with van der Waals surface area (Å²) in [7, 11) is 0. The van der Waals surface area contributed by atoms with Crippen molar-refractivity contribution in [3.05, 3.63) is 58.5 Å². The quantitative estimate of drug-likeness (QED) is 0.665. The number of alkyl halides is 2. The number of anilines is 1. The number of halogens is 3. The molecule has 2 aromatic rings. The summed E-state index contributed by atoms with van der Waals surface area (Å²) in [5.41, 5.74) is 1.48. The van der Waals surface area contributed by atoms with Crippen molar-refractivity contribution in [1.29, 1.82) is 0 Å². The summed E-state index contributed by atoms with van der Waals surface area (Å²) in [6.45, 7) is 1.50. The lowest BCUT2D eigenvalue weighted by Gasteiger charge is -2.27. The molecule has 2 amide bonds. The van der Waals surface area contributed by atoms with Crippen LogP contribution in [0.25, 0.3) is 5.57 Å². The van der Waals surface area contributed by atoms with Crippen LogP contribution in [0, 0.1) is 6.92 Å². The van der Waals surface area contributed by atoms with Gasteiger partial charge in [-0.05, 0) is 36.6 Å². The average molecular weight is 439 g/mol. The molecule has 0 saturated carbocycles. The van der Waals surface area contributed by atoms with E-state index in [-0.39, 0.29) is 11.1 Å². The number of pyridine rings is 2. The van der Waals surface area contributed by atoms with Crippen LogP contribution in [0.15, 0.2) is 36.7 Å². The molecule has 0 bridgehead atoms. The third-order valence-electron chi connectivity index (χ3n) is 4.76. The number of aliphatic hydroxyl groups excluding tert-OH is 2. The highest BCUT2D eigenvalue weighted by Crippen LogP contribution is 2.35. The molecule has 0 aliphatic carbocycles. The monoisotopic (exact) mass is 438 g/mol. The number of aryl methyl sites for hydroxylation is 1. The summed E-state index contributed by atoms with van der Waals surface area (Å²) in [6.07, 6.45) is 2.55. The smallest absolute Gasteiger partial charge is 0.323 e. The number of carbonyl (C=O) groups excluding carboxylic acids is 1.